The van der Waals surface area contributed by atoms with E-state index in [2.05, 4.69) is 36.4 Å². The summed E-state index contributed by atoms with van der Waals surface area (Å²) in [5.41, 5.74) is 3.00. The van der Waals surface area contributed by atoms with Crippen molar-refractivity contribution in [3.05, 3.63) is 113 Å². The molecule has 5 aromatic rings. The van der Waals surface area contributed by atoms with Gasteiger partial charge in [-0.2, -0.15) is 5.10 Å². The Morgan fingerprint density at radius 1 is 0.870 bits per heavy atom. The molecule has 3 aromatic carbocycles. The van der Waals surface area contributed by atoms with Gasteiger partial charge in [0.25, 0.3) is 11.8 Å². The van der Waals surface area contributed by atoms with E-state index < -0.39 is 23.1 Å². The van der Waals surface area contributed by atoms with Crippen LogP contribution in [0, 0.1) is 0 Å². The number of carbonyl (C=O) groups is 6. The molecule has 21 nitrogen and oxygen atoms in total. The number of ether oxygens (including phenoxy) is 5. The van der Waals surface area contributed by atoms with E-state index in [1.54, 1.807) is 41.6 Å². The van der Waals surface area contributed by atoms with Gasteiger partial charge in [0.05, 0.1) is 19.3 Å². The molecule has 6 heterocycles. The zero-order valence-corrected chi connectivity index (χ0v) is 43.7. The van der Waals surface area contributed by atoms with E-state index in [1.807, 2.05) is 69.3 Å². The van der Waals surface area contributed by atoms with E-state index in [0.717, 1.165) is 30.4 Å². The lowest BCUT2D eigenvalue weighted by molar-refractivity contribution is -0.137. The number of hydrogen-bond donors (Lipinski definition) is 5. The number of amides is 6. The summed E-state index contributed by atoms with van der Waals surface area (Å²) < 4.78 is 29.2. The Morgan fingerprint density at radius 2 is 1.65 bits per heavy atom. The minimum atomic E-state index is -0.745. The first kappa shape index (κ1) is 53.9. The van der Waals surface area contributed by atoms with E-state index in [1.165, 1.54) is 4.90 Å². The summed E-state index contributed by atoms with van der Waals surface area (Å²) in [5, 5.41) is 19.8. The van der Waals surface area contributed by atoms with Gasteiger partial charge in [0.15, 0.2) is 11.6 Å². The molecule has 6 amide bonds. The van der Waals surface area contributed by atoms with Crippen molar-refractivity contribution in [2.45, 2.75) is 108 Å². The van der Waals surface area contributed by atoms with Crippen LogP contribution in [0.5, 0.6) is 11.5 Å². The first-order chi connectivity index (χ1) is 37.2. The highest BCUT2D eigenvalue weighted by Crippen LogP contribution is 2.38. The second-order valence-corrected chi connectivity index (χ2v) is 20.6. The third kappa shape index (κ3) is 13.6. The predicted octanol–water partition coefficient (Wildman–Crippen LogP) is 6.83. The maximum absolute atomic E-state index is 14.0. The van der Waals surface area contributed by atoms with E-state index in [0.29, 0.717) is 123 Å². The van der Waals surface area contributed by atoms with Gasteiger partial charge in [-0.1, -0.05) is 12.1 Å². The smallest absolute Gasteiger partial charge is 0.410 e. The molecule has 0 aliphatic carbocycles. The van der Waals surface area contributed by atoms with E-state index in [4.69, 9.17) is 28.7 Å². The van der Waals surface area contributed by atoms with Gasteiger partial charge >= 0.3 is 6.09 Å². The Hall–Kier alpha value is -7.91. The molecular weight excluding hydrogens is 989 g/mol. The van der Waals surface area contributed by atoms with Crippen LogP contribution in [0.3, 0.4) is 0 Å². The van der Waals surface area contributed by atoms with E-state index >= 15 is 0 Å². The minimum Gasteiger partial charge on any atom is -0.494 e. The molecule has 4 aliphatic heterocycles. The molecule has 5 N–H and O–H groups in total. The van der Waals surface area contributed by atoms with Crippen LogP contribution in [0.1, 0.15) is 122 Å². The van der Waals surface area contributed by atoms with Crippen molar-refractivity contribution in [3.8, 4) is 22.9 Å². The van der Waals surface area contributed by atoms with Gasteiger partial charge in [0.1, 0.15) is 35.3 Å². The van der Waals surface area contributed by atoms with Crippen LogP contribution < -0.4 is 30.7 Å². The summed E-state index contributed by atoms with van der Waals surface area (Å²) in [7, 11) is 0. The van der Waals surface area contributed by atoms with Crippen LogP contribution in [-0.2, 0) is 40.7 Å². The van der Waals surface area contributed by atoms with Crippen LogP contribution in [-0.4, -0.2) is 130 Å². The molecule has 0 bridgehead atoms. The van der Waals surface area contributed by atoms with Gasteiger partial charge in [-0.15, -0.1) is 0 Å². The van der Waals surface area contributed by atoms with Crippen LogP contribution in [0.4, 0.5) is 16.2 Å². The number of rotatable bonds is 21. The number of nitrogens with one attached hydrogen (secondary N) is 5. The summed E-state index contributed by atoms with van der Waals surface area (Å²) in [6.07, 6.45) is 8.19. The molecule has 77 heavy (non-hydrogen) atoms. The van der Waals surface area contributed by atoms with Gasteiger partial charge in [-0.3, -0.25) is 39.4 Å². The Kier molecular flexibility index (Phi) is 17.1. The number of unbranched alkanes of at least 4 members (excludes halogenated alkanes) is 2. The van der Waals surface area contributed by atoms with Crippen molar-refractivity contribution >= 4 is 47.0 Å². The second-order valence-electron chi connectivity index (χ2n) is 20.6. The van der Waals surface area contributed by atoms with Gasteiger partial charge in [0.2, 0.25) is 17.7 Å². The summed E-state index contributed by atoms with van der Waals surface area (Å²) in [6.45, 7) is 8.71. The number of hydrogen-bond acceptors (Lipinski definition) is 15. The zero-order valence-electron chi connectivity index (χ0n) is 43.7. The Bertz CT molecular complexity index is 2940. The minimum absolute atomic E-state index is 0.154. The number of imide groups is 1. The quantitative estimate of drug-likeness (QED) is 0.0373. The Balaban J connectivity index is 0.690. The number of anilines is 2. The SMILES string of the molecule is CC(C)(C)OC(=O)N1CCC(Nc2cccc(C(=O)N[C@@H]3CCOc4ccc(OCCCCCOCCCOCC(=O)Nc5cccc6c5CN(C5CCC(=O)NC5=O)C6=O)cc43)c2)(c2nc(-c3ccncc3)n[nH]2)CC1. The average molecular weight is 1060 g/mol. The number of fused-ring (bicyclic) bond motifs is 2. The third-order valence-electron chi connectivity index (χ3n) is 13.8. The third-order valence-corrected chi connectivity index (χ3v) is 13.8. The molecule has 2 aromatic heterocycles. The number of nitrogens with zero attached hydrogens (tertiary/aromatic N) is 5. The number of piperidine rings is 2. The number of aromatic amines is 1. The fourth-order valence-electron chi connectivity index (χ4n) is 9.88. The predicted molar refractivity (Wildman–Crippen MR) is 282 cm³/mol. The molecule has 1 unspecified atom stereocenters. The number of aromatic nitrogens is 4. The van der Waals surface area contributed by atoms with Crippen LogP contribution in [0.2, 0.25) is 0 Å². The van der Waals surface area contributed by atoms with Crippen molar-refractivity contribution in [1.82, 2.24) is 40.6 Å². The molecule has 0 radical (unpaired) electrons. The first-order valence-corrected chi connectivity index (χ1v) is 26.3. The van der Waals surface area contributed by atoms with E-state index in [9.17, 15) is 28.8 Å². The zero-order chi connectivity index (χ0) is 53.9. The lowest BCUT2D eigenvalue weighted by atomic mass is 9.86. The summed E-state index contributed by atoms with van der Waals surface area (Å²) in [6, 6.07) is 20.8. The van der Waals surface area contributed by atoms with Gasteiger partial charge in [0, 0.05) is 104 Å². The van der Waals surface area contributed by atoms with Gasteiger partial charge in [-0.05, 0) is 126 Å². The monoisotopic (exact) mass is 1050 g/mol. The number of pyridine rings is 1. The maximum Gasteiger partial charge on any atom is 0.410 e. The topological polar surface area (TPSA) is 258 Å². The van der Waals surface area contributed by atoms with Crippen molar-refractivity contribution in [3.63, 3.8) is 0 Å². The van der Waals surface area contributed by atoms with Crippen LogP contribution in [0.25, 0.3) is 11.4 Å². The van der Waals surface area contributed by atoms with Gasteiger partial charge in [-0.25, -0.2) is 9.78 Å². The highest BCUT2D eigenvalue weighted by Gasteiger charge is 2.42. The molecule has 406 valence electrons. The van der Waals surface area contributed by atoms with Crippen molar-refractivity contribution in [2.75, 3.05) is 63.4 Å². The summed E-state index contributed by atoms with van der Waals surface area (Å²) in [4.78, 5) is 89.1. The molecule has 0 spiro atoms. The lowest BCUT2D eigenvalue weighted by Gasteiger charge is -2.41. The second kappa shape index (κ2) is 24.4. The number of likely N-dealkylation sites (tertiary alicyclic amines) is 1. The molecule has 0 saturated carbocycles. The normalized spacial score (nSPS) is 17.9. The van der Waals surface area contributed by atoms with Gasteiger partial charge < -0.3 is 49.4 Å². The Labute approximate surface area is 446 Å². The number of benzene rings is 3. The maximum atomic E-state index is 14.0. The molecule has 4 aliphatic rings. The molecule has 2 fully saturated rings. The highest BCUT2D eigenvalue weighted by molar-refractivity contribution is 6.07. The van der Waals surface area contributed by atoms with Crippen molar-refractivity contribution < 1.29 is 52.5 Å². The fraction of sp³-hybridized carbons (Fsp3) is 0.446. The molecule has 21 heteroatoms. The fourth-order valence-corrected chi connectivity index (χ4v) is 9.88. The van der Waals surface area contributed by atoms with E-state index in [-0.39, 0.29) is 61.8 Å². The van der Waals surface area contributed by atoms with Crippen molar-refractivity contribution in [2.24, 2.45) is 0 Å². The highest BCUT2D eigenvalue weighted by atomic mass is 16.6. The van der Waals surface area contributed by atoms with Crippen LogP contribution in [0.15, 0.2) is 85.2 Å². The Morgan fingerprint density at radius 3 is 2.45 bits per heavy atom. The first-order valence-electron chi connectivity index (χ1n) is 26.3. The van der Waals surface area contributed by atoms with Crippen LogP contribution >= 0.6 is 0 Å². The molecule has 2 saturated heterocycles. The lowest BCUT2D eigenvalue weighted by Crippen LogP contribution is -2.52. The average Bonchev–Trinajstić information content (AvgIpc) is 4.08. The molecule has 9 rings (SSSR count). The van der Waals surface area contributed by atoms with Crippen molar-refractivity contribution in [1.29, 1.82) is 0 Å². The number of carbonyl (C=O) groups excluding carboxylic acids is 6. The largest absolute Gasteiger partial charge is 0.494 e. The summed E-state index contributed by atoms with van der Waals surface area (Å²) in [5.74, 6) is 0.775. The number of H-pyrrole nitrogens is 1. The molecular formula is C56H66N10O11. The summed E-state index contributed by atoms with van der Waals surface area (Å²) >= 11 is 0. The standard InChI is InChI=1S/C56H66N10O11/c1-55(2,3)77-54(72)65-25-21-56(22-26-65,53-61-49(63-64-53)36-18-23-57-24-19-36)62-38-11-7-10-37(32-38)50(69)59-44-20-31-76-46-16-14-39(33-41(44)46)75-30-6-4-5-27-73-28-9-29-74-35-48(68)58-43-13-8-12-40-42(43)34-66(52(40)71)45-15-17-47(67)60-51(45)70/h7-8,10-14,16,18-19,23-24,32-33,44-45,62H,4-6,9,15,17,20-22,25-31,34-35H2,1-3H3,(H,58,68)(H,59,69)(H,60,67,70)(H,61,63,64)/t44-,45?/m1/s1. The molecule has 2 atom stereocenters.